The SMILES string of the molecule is C#CC(F)C=O. The van der Waals surface area contributed by atoms with Gasteiger partial charge in [0.05, 0.1) is 0 Å². The van der Waals surface area contributed by atoms with Gasteiger partial charge in [0.25, 0.3) is 0 Å². The molecule has 0 fully saturated rings. The van der Waals surface area contributed by atoms with Crippen LogP contribution >= 0.6 is 0 Å². The van der Waals surface area contributed by atoms with Crippen LogP contribution in [0.25, 0.3) is 0 Å². The van der Waals surface area contributed by atoms with E-state index in [1.165, 1.54) is 0 Å². The molecule has 0 aromatic heterocycles. The lowest BCUT2D eigenvalue weighted by Crippen LogP contribution is -1.93. The summed E-state index contributed by atoms with van der Waals surface area (Å²) in [6.45, 7) is 0. The molecular formula is C4H3FO. The third kappa shape index (κ3) is 1.48. The quantitative estimate of drug-likeness (QED) is 0.328. The van der Waals surface area contributed by atoms with E-state index in [9.17, 15) is 9.18 Å². The van der Waals surface area contributed by atoms with Gasteiger partial charge in [0, 0.05) is 0 Å². The Kier molecular flexibility index (Phi) is 2.06. The fraction of sp³-hybridized carbons (Fsp3) is 0.250. The lowest BCUT2D eigenvalue weighted by atomic mass is 10.5. The molecule has 32 valence electrons. The van der Waals surface area contributed by atoms with Gasteiger partial charge in [-0.3, -0.25) is 4.79 Å². The van der Waals surface area contributed by atoms with Gasteiger partial charge in [-0.15, -0.1) is 6.42 Å². The molecule has 0 amide bonds. The summed E-state index contributed by atoms with van der Waals surface area (Å²) in [5.41, 5.74) is 0. The van der Waals surface area contributed by atoms with Crippen LogP contribution in [0.2, 0.25) is 0 Å². The van der Waals surface area contributed by atoms with Gasteiger partial charge < -0.3 is 0 Å². The highest BCUT2D eigenvalue weighted by atomic mass is 19.1. The highest BCUT2D eigenvalue weighted by Gasteiger charge is 1.90. The molecule has 1 nitrogen and oxygen atoms in total. The van der Waals surface area contributed by atoms with E-state index in [4.69, 9.17) is 0 Å². The first-order valence-corrected chi connectivity index (χ1v) is 1.36. The van der Waals surface area contributed by atoms with Crippen molar-refractivity contribution in [2.45, 2.75) is 6.17 Å². The Hall–Kier alpha value is -0.840. The third-order valence-electron chi connectivity index (χ3n) is 0.279. The van der Waals surface area contributed by atoms with E-state index in [0.29, 0.717) is 0 Å². The number of carbonyl (C=O) groups excluding carboxylic acids is 1. The van der Waals surface area contributed by atoms with E-state index >= 15 is 0 Å². The Balaban J connectivity index is 3.30. The standard InChI is InChI=1S/C4H3FO/c1-2-4(5)3-6/h1,3-4H. The van der Waals surface area contributed by atoms with Crippen molar-refractivity contribution in [1.29, 1.82) is 0 Å². The number of hydrogen-bond donors (Lipinski definition) is 0. The first-order valence-electron chi connectivity index (χ1n) is 1.36. The van der Waals surface area contributed by atoms with E-state index in [0.717, 1.165) is 0 Å². The van der Waals surface area contributed by atoms with Crippen molar-refractivity contribution in [3.63, 3.8) is 0 Å². The van der Waals surface area contributed by atoms with Gasteiger partial charge in [0.15, 0.2) is 6.29 Å². The van der Waals surface area contributed by atoms with Crippen molar-refractivity contribution in [2.75, 3.05) is 0 Å². The van der Waals surface area contributed by atoms with Crippen LogP contribution in [-0.2, 0) is 4.79 Å². The van der Waals surface area contributed by atoms with E-state index < -0.39 is 6.17 Å². The predicted molar refractivity (Wildman–Crippen MR) is 19.8 cm³/mol. The summed E-state index contributed by atoms with van der Waals surface area (Å²) in [5.74, 6) is 1.58. The Morgan fingerprint density at radius 1 is 2.00 bits per heavy atom. The summed E-state index contributed by atoms with van der Waals surface area (Å²) in [5, 5.41) is 0. The van der Waals surface area contributed by atoms with Gasteiger partial charge in [-0.2, -0.15) is 0 Å². The number of carbonyl (C=O) groups is 1. The highest BCUT2D eigenvalue weighted by molar-refractivity contribution is 5.60. The fourth-order valence-electron chi connectivity index (χ4n) is 0.0393. The van der Waals surface area contributed by atoms with Gasteiger partial charge in [-0.25, -0.2) is 4.39 Å². The Bertz CT molecular complexity index is 82.0. The molecule has 0 aromatic carbocycles. The largest absolute Gasteiger partial charge is 0.299 e. The smallest absolute Gasteiger partial charge is 0.215 e. The van der Waals surface area contributed by atoms with Crippen molar-refractivity contribution in [3.05, 3.63) is 0 Å². The molecule has 0 aromatic rings. The van der Waals surface area contributed by atoms with Crippen LogP contribution in [0.3, 0.4) is 0 Å². The van der Waals surface area contributed by atoms with Crippen molar-refractivity contribution < 1.29 is 9.18 Å². The van der Waals surface area contributed by atoms with E-state index in [2.05, 4.69) is 6.42 Å². The maximum absolute atomic E-state index is 11.3. The molecule has 1 atom stereocenters. The lowest BCUT2D eigenvalue weighted by molar-refractivity contribution is -0.110. The van der Waals surface area contributed by atoms with E-state index in [-0.39, 0.29) is 6.29 Å². The first kappa shape index (κ1) is 5.16. The molecule has 0 saturated heterocycles. The van der Waals surface area contributed by atoms with Gasteiger partial charge >= 0.3 is 0 Å². The molecule has 0 aliphatic heterocycles. The number of halogens is 1. The molecule has 0 spiro atoms. The van der Waals surface area contributed by atoms with Crippen molar-refractivity contribution in [1.82, 2.24) is 0 Å². The average Bonchev–Trinajstić information content (AvgIpc) is 1.65. The Morgan fingerprint density at radius 3 is 2.50 bits per heavy atom. The first-order chi connectivity index (χ1) is 2.81. The third-order valence-corrected chi connectivity index (χ3v) is 0.279. The minimum absolute atomic E-state index is 0.0694. The average molecular weight is 86.1 g/mol. The number of terminal acetylenes is 1. The summed E-state index contributed by atoms with van der Waals surface area (Å²) in [4.78, 5) is 9.22. The summed E-state index contributed by atoms with van der Waals surface area (Å²) < 4.78 is 11.3. The van der Waals surface area contributed by atoms with Crippen LogP contribution in [0, 0.1) is 12.3 Å². The second-order valence-corrected chi connectivity index (χ2v) is 0.705. The number of hydrogen-bond acceptors (Lipinski definition) is 1. The van der Waals surface area contributed by atoms with Crippen molar-refractivity contribution >= 4 is 6.29 Å². The maximum Gasteiger partial charge on any atom is 0.215 e. The maximum atomic E-state index is 11.3. The van der Waals surface area contributed by atoms with Crippen molar-refractivity contribution in [2.24, 2.45) is 0 Å². The summed E-state index contributed by atoms with van der Waals surface area (Å²) in [6.07, 6.45) is 2.78. The van der Waals surface area contributed by atoms with Crippen LogP contribution in [0.4, 0.5) is 4.39 Å². The summed E-state index contributed by atoms with van der Waals surface area (Å²) in [7, 11) is 0. The molecule has 0 aliphatic rings. The monoisotopic (exact) mass is 86.0 g/mol. The molecule has 0 heterocycles. The second kappa shape index (κ2) is 2.40. The number of aldehydes is 1. The zero-order valence-corrected chi connectivity index (χ0v) is 3.02. The minimum atomic E-state index is -1.72. The predicted octanol–water partition coefficient (Wildman–Crippen LogP) is 0.157. The highest BCUT2D eigenvalue weighted by Crippen LogP contribution is 1.75. The molecule has 0 bridgehead atoms. The summed E-state index contributed by atoms with van der Waals surface area (Å²) >= 11 is 0. The van der Waals surface area contributed by atoms with Crippen molar-refractivity contribution in [3.8, 4) is 12.3 Å². The molecule has 0 radical (unpaired) electrons. The van der Waals surface area contributed by atoms with Crippen LogP contribution in [-0.4, -0.2) is 12.5 Å². The number of rotatable bonds is 1. The molecule has 0 aliphatic carbocycles. The van der Waals surface area contributed by atoms with Crippen LogP contribution < -0.4 is 0 Å². The zero-order chi connectivity index (χ0) is 4.99. The summed E-state index contributed by atoms with van der Waals surface area (Å²) in [6, 6.07) is 0. The van der Waals surface area contributed by atoms with Gasteiger partial charge in [0.1, 0.15) is 0 Å². The molecule has 0 rings (SSSR count). The molecular weight excluding hydrogens is 83.0 g/mol. The van der Waals surface area contributed by atoms with Gasteiger partial charge in [-0.05, 0) is 0 Å². The molecule has 2 heteroatoms. The second-order valence-electron chi connectivity index (χ2n) is 0.705. The van der Waals surface area contributed by atoms with Crippen LogP contribution in [0.5, 0.6) is 0 Å². The molecule has 1 unspecified atom stereocenters. The van der Waals surface area contributed by atoms with Crippen LogP contribution in [0.15, 0.2) is 0 Å². The molecule has 6 heavy (non-hydrogen) atoms. The van der Waals surface area contributed by atoms with Gasteiger partial charge in [0.2, 0.25) is 6.17 Å². The number of alkyl halides is 1. The Morgan fingerprint density at radius 2 is 2.50 bits per heavy atom. The minimum Gasteiger partial charge on any atom is -0.299 e. The van der Waals surface area contributed by atoms with E-state index in [1.807, 2.05) is 0 Å². The van der Waals surface area contributed by atoms with Gasteiger partial charge in [-0.1, -0.05) is 5.92 Å². The molecule has 0 N–H and O–H groups in total. The normalized spacial score (nSPS) is 12.0. The fourth-order valence-corrected chi connectivity index (χ4v) is 0.0393. The molecule has 0 saturated carbocycles. The Labute approximate surface area is 35.2 Å². The zero-order valence-electron chi connectivity index (χ0n) is 3.02. The topological polar surface area (TPSA) is 17.1 Å². The van der Waals surface area contributed by atoms with E-state index in [1.54, 1.807) is 5.92 Å². The van der Waals surface area contributed by atoms with Crippen LogP contribution in [0.1, 0.15) is 0 Å². The lowest BCUT2D eigenvalue weighted by Gasteiger charge is -1.75.